The van der Waals surface area contributed by atoms with Crippen molar-refractivity contribution >= 4 is 11.9 Å². The van der Waals surface area contributed by atoms with Crippen LogP contribution in [0.1, 0.15) is 20.8 Å². The third-order valence-electron chi connectivity index (χ3n) is 1.07. The van der Waals surface area contributed by atoms with Gasteiger partial charge in [-0.05, 0) is 20.8 Å². The maximum atomic E-state index is 11.1. The molecule has 5 nitrogen and oxygen atoms in total. The molecule has 0 aromatic carbocycles. The molecule has 0 rings (SSSR count). The lowest BCUT2D eigenvalue weighted by atomic mass is 10.2. The summed E-state index contributed by atoms with van der Waals surface area (Å²) in [4.78, 5) is 21.4. The van der Waals surface area contributed by atoms with Crippen molar-refractivity contribution in [3.63, 3.8) is 0 Å². The second-order valence-electron chi connectivity index (χ2n) is 3.47. The van der Waals surface area contributed by atoms with Gasteiger partial charge in [-0.2, -0.15) is 0 Å². The average molecular weight is 189 g/mol. The molecule has 0 saturated heterocycles. The average Bonchev–Trinajstić information content (AvgIpc) is 1.82. The quantitative estimate of drug-likeness (QED) is 0.424. The van der Waals surface area contributed by atoms with Gasteiger partial charge in [-0.15, -0.1) is 0 Å². The van der Waals surface area contributed by atoms with E-state index in [1.807, 2.05) is 0 Å². The third kappa shape index (κ3) is 4.47. The van der Waals surface area contributed by atoms with Gasteiger partial charge in [0.1, 0.15) is 5.60 Å². The first-order valence-corrected chi connectivity index (χ1v) is 3.74. The first-order valence-electron chi connectivity index (χ1n) is 3.74. The highest BCUT2D eigenvalue weighted by Gasteiger charge is 2.25. The molecule has 0 radical (unpaired) electrons. The second-order valence-corrected chi connectivity index (χ2v) is 3.47. The van der Waals surface area contributed by atoms with Crippen molar-refractivity contribution in [2.75, 3.05) is 7.11 Å². The largest absolute Gasteiger partial charge is 0.547 e. The number of hydrogen-bond donors (Lipinski definition) is 0. The Morgan fingerprint density at radius 2 is 1.77 bits per heavy atom. The van der Waals surface area contributed by atoms with E-state index in [-0.39, 0.29) is 0 Å². The van der Waals surface area contributed by atoms with Crippen molar-refractivity contribution in [2.45, 2.75) is 32.5 Å². The Labute approximate surface area is 76.6 Å². The van der Waals surface area contributed by atoms with Crippen LogP contribution in [0, 0.1) is 0 Å². The number of methoxy groups -OCH3 is 1. The molecule has 0 amide bonds. The number of carboxylic acid groups (broad SMARTS) is 1. The molecule has 1 unspecified atom stereocenters. The molecule has 0 spiro atoms. The van der Waals surface area contributed by atoms with Crippen molar-refractivity contribution in [3.8, 4) is 0 Å². The van der Waals surface area contributed by atoms with E-state index in [1.54, 1.807) is 20.8 Å². The molecular weight excluding hydrogens is 176 g/mol. The van der Waals surface area contributed by atoms with Crippen LogP contribution in [0.5, 0.6) is 0 Å². The number of ether oxygens (including phenoxy) is 2. The van der Waals surface area contributed by atoms with Gasteiger partial charge in [-0.3, -0.25) is 0 Å². The fourth-order valence-corrected chi connectivity index (χ4v) is 0.644. The lowest BCUT2D eigenvalue weighted by Gasteiger charge is -2.23. The summed E-state index contributed by atoms with van der Waals surface area (Å²) in [6.07, 6.45) is -1.65. The Morgan fingerprint density at radius 3 is 2.00 bits per heavy atom. The number of hydrogen-bond acceptors (Lipinski definition) is 5. The van der Waals surface area contributed by atoms with Crippen LogP contribution in [-0.4, -0.2) is 30.8 Å². The topological polar surface area (TPSA) is 75.7 Å². The molecule has 76 valence electrons. The number of carbonyl (C=O) groups is 2. The monoisotopic (exact) mass is 189 g/mol. The highest BCUT2D eigenvalue weighted by atomic mass is 16.6. The van der Waals surface area contributed by atoms with E-state index < -0.39 is 23.6 Å². The summed E-state index contributed by atoms with van der Waals surface area (Å²) in [6.45, 7) is 4.90. The van der Waals surface area contributed by atoms with E-state index in [0.29, 0.717) is 0 Å². The molecule has 0 aliphatic carbocycles. The SMILES string of the molecule is COC(C(=O)[O-])C(=O)OC(C)(C)C. The molecule has 0 aliphatic rings. The maximum Gasteiger partial charge on any atom is 0.341 e. The lowest BCUT2D eigenvalue weighted by Crippen LogP contribution is -2.45. The minimum atomic E-state index is -1.65. The van der Waals surface area contributed by atoms with Gasteiger partial charge in [0.05, 0.1) is 5.97 Å². The predicted octanol–water partition coefficient (Wildman–Crippen LogP) is -0.907. The van der Waals surface area contributed by atoms with Crippen LogP contribution in [-0.2, 0) is 19.1 Å². The molecule has 13 heavy (non-hydrogen) atoms. The van der Waals surface area contributed by atoms with Gasteiger partial charge in [0, 0.05) is 7.11 Å². The molecule has 5 heteroatoms. The number of rotatable bonds is 3. The molecule has 1 atom stereocenters. The van der Waals surface area contributed by atoms with Crippen molar-refractivity contribution < 1.29 is 24.2 Å². The molecular formula is C8H13O5-. The third-order valence-corrected chi connectivity index (χ3v) is 1.07. The van der Waals surface area contributed by atoms with Crippen LogP contribution in [0.4, 0.5) is 0 Å². The Kier molecular flexibility index (Phi) is 3.87. The Hall–Kier alpha value is -1.10. The van der Waals surface area contributed by atoms with Crippen LogP contribution in [0.25, 0.3) is 0 Å². The second kappa shape index (κ2) is 4.23. The van der Waals surface area contributed by atoms with Crippen LogP contribution in [0.2, 0.25) is 0 Å². The van der Waals surface area contributed by atoms with E-state index in [2.05, 4.69) is 4.74 Å². The van der Waals surface area contributed by atoms with Gasteiger partial charge in [-0.1, -0.05) is 0 Å². The van der Waals surface area contributed by atoms with E-state index >= 15 is 0 Å². The van der Waals surface area contributed by atoms with Gasteiger partial charge in [-0.25, -0.2) is 4.79 Å². The molecule has 0 aromatic heterocycles. The Balaban J connectivity index is 4.32. The molecule has 0 aromatic rings. The predicted molar refractivity (Wildman–Crippen MR) is 41.6 cm³/mol. The minimum absolute atomic E-state index is 0.733. The summed E-state index contributed by atoms with van der Waals surface area (Å²) in [6, 6.07) is 0. The van der Waals surface area contributed by atoms with Crippen LogP contribution in [0.3, 0.4) is 0 Å². The zero-order valence-corrected chi connectivity index (χ0v) is 8.12. The number of aliphatic carboxylic acids is 1. The van der Waals surface area contributed by atoms with Crippen molar-refractivity contribution in [3.05, 3.63) is 0 Å². The molecule has 0 aliphatic heterocycles. The Morgan fingerprint density at radius 1 is 1.31 bits per heavy atom. The summed E-state index contributed by atoms with van der Waals surface area (Å²) < 4.78 is 9.15. The first kappa shape index (κ1) is 11.9. The van der Waals surface area contributed by atoms with Gasteiger partial charge in [0.15, 0.2) is 6.10 Å². The van der Waals surface area contributed by atoms with Gasteiger partial charge >= 0.3 is 5.97 Å². The zero-order valence-electron chi connectivity index (χ0n) is 8.12. The van der Waals surface area contributed by atoms with E-state index in [0.717, 1.165) is 7.11 Å². The summed E-state index contributed by atoms with van der Waals surface area (Å²) in [7, 11) is 1.10. The highest BCUT2D eigenvalue weighted by molar-refractivity contribution is 5.96. The summed E-state index contributed by atoms with van der Waals surface area (Å²) in [5.74, 6) is -2.55. The van der Waals surface area contributed by atoms with Crippen LogP contribution >= 0.6 is 0 Å². The molecule has 0 fully saturated rings. The van der Waals surface area contributed by atoms with E-state index in [4.69, 9.17) is 4.74 Å². The standard InChI is InChI=1S/C8H14O5/c1-8(2,3)13-7(11)5(12-4)6(9)10/h5H,1-4H3,(H,9,10)/p-1. The Bertz CT molecular complexity index is 203. The molecule has 0 saturated carbocycles. The van der Waals surface area contributed by atoms with Crippen LogP contribution < -0.4 is 5.11 Å². The van der Waals surface area contributed by atoms with Gasteiger partial charge < -0.3 is 19.4 Å². The fraction of sp³-hybridized carbons (Fsp3) is 0.750. The van der Waals surface area contributed by atoms with Gasteiger partial charge in [0.2, 0.25) is 0 Å². The molecule has 0 N–H and O–H groups in total. The van der Waals surface area contributed by atoms with Crippen molar-refractivity contribution in [2.24, 2.45) is 0 Å². The lowest BCUT2D eigenvalue weighted by molar-refractivity contribution is -0.315. The van der Waals surface area contributed by atoms with Crippen molar-refractivity contribution in [1.82, 2.24) is 0 Å². The number of carboxylic acids is 1. The molecule has 0 bridgehead atoms. The van der Waals surface area contributed by atoms with E-state index in [9.17, 15) is 14.7 Å². The highest BCUT2D eigenvalue weighted by Crippen LogP contribution is 2.09. The molecule has 0 heterocycles. The minimum Gasteiger partial charge on any atom is -0.547 e. The van der Waals surface area contributed by atoms with Crippen molar-refractivity contribution in [1.29, 1.82) is 0 Å². The maximum absolute atomic E-state index is 11.1. The summed E-state index contributed by atoms with van der Waals surface area (Å²) >= 11 is 0. The van der Waals surface area contributed by atoms with Gasteiger partial charge in [0.25, 0.3) is 0 Å². The van der Waals surface area contributed by atoms with E-state index in [1.165, 1.54) is 0 Å². The normalized spacial score (nSPS) is 13.5. The first-order chi connectivity index (χ1) is 5.78. The summed E-state index contributed by atoms with van der Waals surface area (Å²) in [5, 5.41) is 10.3. The number of esters is 1. The zero-order chi connectivity index (χ0) is 10.6. The smallest absolute Gasteiger partial charge is 0.341 e. The van der Waals surface area contributed by atoms with Crippen LogP contribution in [0.15, 0.2) is 0 Å². The summed E-state index contributed by atoms with van der Waals surface area (Å²) in [5.41, 5.74) is -0.733. The fourth-order valence-electron chi connectivity index (χ4n) is 0.644. The number of carbonyl (C=O) groups excluding carboxylic acids is 2.